The zero-order valence-electron chi connectivity index (χ0n) is 23.3. The first-order chi connectivity index (χ1) is 21.0. The standard InChI is InChI=1S/C31H26F2N4O6S/c1-44(41,42)36(8-7-32)24-14-26-21(27-28(43-26)19-6-5-18(33)12-22(19)35-30(27)39)13-20(24)15-3-2-4-16(9-15)31(40)37-23-10-17(23)11-25(37)29(34)38/h2-6,9,12-14,17,23,25H,7-8,10-11H2,1H3,(H2,34,38)(H,35,39)/t17-,23-,25-/m0/s1. The van der Waals surface area contributed by atoms with Crippen LogP contribution in [0.25, 0.3) is 44.0 Å². The monoisotopic (exact) mass is 620 g/mol. The fourth-order valence-electron chi connectivity index (χ4n) is 6.50. The van der Waals surface area contributed by atoms with E-state index in [-0.39, 0.29) is 51.2 Å². The van der Waals surface area contributed by atoms with Gasteiger partial charge in [-0.3, -0.25) is 18.7 Å². The number of nitrogens with zero attached hydrogens (tertiary/aromatic N) is 2. The minimum absolute atomic E-state index is 0.0619. The first-order valence-corrected chi connectivity index (χ1v) is 15.8. The van der Waals surface area contributed by atoms with Crippen molar-refractivity contribution in [1.82, 2.24) is 9.88 Å². The molecule has 3 N–H and O–H groups in total. The minimum Gasteiger partial charge on any atom is -0.455 e. The first-order valence-electron chi connectivity index (χ1n) is 13.9. The molecular formula is C31H26F2N4O6S. The van der Waals surface area contributed by atoms with Gasteiger partial charge < -0.3 is 20.0 Å². The summed E-state index contributed by atoms with van der Waals surface area (Å²) in [5.41, 5.74) is 6.63. The number of carbonyl (C=O) groups is 2. The van der Waals surface area contributed by atoms with E-state index in [0.717, 1.165) is 17.0 Å². The van der Waals surface area contributed by atoms with Crippen molar-refractivity contribution in [1.29, 1.82) is 0 Å². The molecule has 226 valence electrons. The number of nitrogens with one attached hydrogen (secondary N) is 1. The SMILES string of the molecule is CS(=O)(=O)N(CCF)c1cc2oc3c4ccc(F)cc4[nH]c(=O)c3c2cc1-c1cccc(C(=O)N2[C@H](C(N)=O)C[C@@H]3C[C@@H]32)c1. The molecule has 5 aromatic rings. The number of halogens is 2. The van der Waals surface area contributed by atoms with Crippen LogP contribution in [0.2, 0.25) is 0 Å². The van der Waals surface area contributed by atoms with Crippen molar-refractivity contribution in [2.24, 2.45) is 11.7 Å². The maximum Gasteiger partial charge on any atom is 0.260 e. The van der Waals surface area contributed by atoms with E-state index in [2.05, 4.69) is 4.98 Å². The maximum absolute atomic E-state index is 13.9. The molecule has 2 aliphatic rings. The fourth-order valence-corrected chi connectivity index (χ4v) is 7.41. The van der Waals surface area contributed by atoms with Gasteiger partial charge in [0.15, 0.2) is 0 Å². The Kier molecular flexibility index (Phi) is 6.29. The molecule has 2 amide bonds. The maximum atomic E-state index is 13.9. The highest BCUT2D eigenvalue weighted by Gasteiger charge is 2.55. The number of pyridine rings is 1. The number of alkyl halides is 1. The average molecular weight is 621 g/mol. The lowest BCUT2D eigenvalue weighted by atomic mass is 9.98. The molecular weight excluding hydrogens is 594 g/mol. The summed E-state index contributed by atoms with van der Waals surface area (Å²) in [6.07, 6.45) is 2.26. The molecule has 1 aliphatic heterocycles. The topological polar surface area (TPSA) is 147 Å². The van der Waals surface area contributed by atoms with Gasteiger partial charge in [-0.1, -0.05) is 12.1 Å². The number of aromatic nitrogens is 1. The number of benzene rings is 3. The highest BCUT2D eigenvalue weighted by molar-refractivity contribution is 7.92. The number of rotatable bonds is 7. The van der Waals surface area contributed by atoms with E-state index in [1.807, 2.05) is 0 Å². The third-order valence-electron chi connectivity index (χ3n) is 8.55. The Labute approximate surface area is 249 Å². The number of primary amides is 1. The number of nitrogens with two attached hydrogens (primary N) is 1. The average Bonchev–Trinajstić information content (AvgIpc) is 3.47. The van der Waals surface area contributed by atoms with E-state index in [1.165, 1.54) is 29.2 Å². The molecule has 7 rings (SSSR count). The fraction of sp³-hybridized carbons (Fsp3) is 0.258. The first kappa shape index (κ1) is 28.0. The zero-order valence-corrected chi connectivity index (χ0v) is 24.2. The number of sulfonamides is 1. The Bertz CT molecular complexity index is 2210. The van der Waals surface area contributed by atoms with Gasteiger partial charge in [0, 0.05) is 34.0 Å². The van der Waals surface area contributed by atoms with Gasteiger partial charge in [-0.2, -0.15) is 0 Å². The van der Waals surface area contributed by atoms with Crippen LogP contribution >= 0.6 is 0 Å². The van der Waals surface area contributed by atoms with E-state index < -0.39 is 46.6 Å². The molecule has 2 fully saturated rings. The third-order valence-corrected chi connectivity index (χ3v) is 9.73. The normalized spacial score (nSPS) is 19.5. The lowest BCUT2D eigenvalue weighted by Crippen LogP contribution is -2.46. The Morgan fingerprint density at radius 2 is 1.91 bits per heavy atom. The van der Waals surface area contributed by atoms with Gasteiger partial charge in [-0.25, -0.2) is 17.2 Å². The number of piperidine rings is 1. The summed E-state index contributed by atoms with van der Waals surface area (Å²) >= 11 is 0. The number of hydrogen-bond acceptors (Lipinski definition) is 6. The van der Waals surface area contributed by atoms with Gasteiger partial charge in [0.05, 0.1) is 29.4 Å². The number of aromatic amines is 1. The van der Waals surface area contributed by atoms with Crippen LogP contribution in [0.3, 0.4) is 0 Å². The Hall–Kier alpha value is -4.78. The van der Waals surface area contributed by atoms with E-state index >= 15 is 0 Å². The number of anilines is 1. The second kappa shape index (κ2) is 9.88. The summed E-state index contributed by atoms with van der Waals surface area (Å²) in [6, 6.07) is 12.5. The zero-order chi connectivity index (χ0) is 31.1. The number of furan rings is 1. The molecule has 3 heterocycles. The van der Waals surface area contributed by atoms with Crippen LogP contribution in [0.4, 0.5) is 14.5 Å². The van der Waals surface area contributed by atoms with Gasteiger partial charge in [-0.05, 0) is 60.7 Å². The summed E-state index contributed by atoms with van der Waals surface area (Å²) in [5.74, 6) is -1.27. The van der Waals surface area contributed by atoms with Crippen molar-refractivity contribution in [3.63, 3.8) is 0 Å². The highest BCUT2D eigenvalue weighted by Crippen LogP contribution is 2.48. The van der Waals surface area contributed by atoms with Gasteiger partial charge in [-0.15, -0.1) is 0 Å². The molecule has 0 bridgehead atoms. The number of likely N-dealkylation sites (tertiary alicyclic amines) is 1. The molecule has 0 unspecified atom stereocenters. The van der Waals surface area contributed by atoms with Crippen molar-refractivity contribution in [3.05, 3.63) is 76.3 Å². The van der Waals surface area contributed by atoms with Gasteiger partial charge in [0.25, 0.3) is 11.5 Å². The number of hydrogen-bond donors (Lipinski definition) is 2. The van der Waals surface area contributed by atoms with E-state index in [1.54, 1.807) is 30.3 Å². The predicted molar refractivity (Wildman–Crippen MR) is 161 cm³/mol. The van der Waals surface area contributed by atoms with Crippen LogP contribution in [0.15, 0.2) is 63.8 Å². The minimum atomic E-state index is -4.00. The number of carbonyl (C=O) groups excluding carboxylic acids is 2. The van der Waals surface area contributed by atoms with Crippen LogP contribution in [0.5, 0.6) is 0 Å². The molecule has 1 aliphatic carbocycles. The largest absolute Gasteiger partial charge is 0.455 e. The number of amides is 2. The smallest absolute Gasteiger partial charge is 0.260 e. The third kappa shape index (κ3) is 4.41. The molecule has 3 atom stereocenters. The summed E-state index contributed by atoms with van der Waals surface area (Å²) in [6.45, 7) is -1.47. The van der Waals surface area contributed by atoms with Crippen molar-refractivity contribution in [2.75, 3.05) is 23.8 Å². The van der Waals surface area contributed by atoms with Crippen LogP contribution in [0.1, 0.15) is 23.2 Å². The van der Waals surface area contributed by atoms with Crippen LogP contribution in [-0.2, 0) is 14.8 Å². The Morgan fingerprint density at radius 1 is 1.11 bits per heavy atom. The predicted octanol–water partition coefficient (Wildman–Crippen LogP) is 4.06. The summed E-state index contributed by atoms with van der Waals surface area (Å²) < 4.78 is 60.4. The summed E-state index contributed by atoms with van der Waals surface area (Å²) in [4.78, 5) is 43.2. The Balaban J connectivity index is 1.46. The second-order valence-electron chi connectivity index (χ2n) is 11.4. The molecule has 2 aromatic heterocycles. The molecule has 1 saturated carbocycles. The van der Waals surface area contributed by atoms with Crippen LogP contribution in [-0.4, -0.2) is 61.7 Å². The van der Waals surface area contributed by atoms with E-state index in [0.29, 0.717) is 28.3 Å². The van der Waals surface area contributed by atoms with Crippen LogP contribution < -0.4 is 15.6 Å². The van der Waals surface area contributed by atoms with Gasteiger partial charge in [0.2, 0.25) is 15.9 Å². The highest BCUT2D eigenvalue weighted by atomic mass is 32.2. The Morgan fingerprint density at radius 3 is 2.64 bits per heavy atom. The van der Waals surface area contributed by atoms with Crippen molar-refractivity contribution < 1.29 is 31.2 Å². The molecule has 10 nitrogen and oxygen atoms in total. The van der Waals surface area contributed by atoms with E-state index in [4.69, 9.17) is 10.2 Å². The molecule has 13 heteroatoms. The molecule has 1 saturated heterocycles. The summed E-state index contributed by atoms with van der Waals surface area (Å²) in [5, 5.41) is 0.937. The second-order valence-corrected chi connectivity index (χ2v) is 13.3. The lowest BCUT2D eigenvalue weighted by Gasteiger charge is -2.26. The molecule has 0 spiro atoms. The lowest BCUT2D eigenvalue weighted by molar-refractivity contribution is -0.122. The number of fused-ring (bicyclic) bond motifs is 6. The van der Waals surface area contributed by atoms with Crippen LogP contribution in [0, 0.1) is 11.7 Å². The molecule has 44 heavy (non-hydrogen) atoms. The summed E-state index contributed by atoms with van der Waals surface area (Å²) in [7, 11) is -4.00. The molecule has 3 aromatic carbocycles. The van der Waals surface area contributed by atoms with Gasteiger partial charge in [0.1, 0.15) is 29.7 Å². The quantitative estimate of drug-likeness (QED) is 0.281. The number of H-pyrrole nitrogens is 1. The van der Waals surface area contributed by atoms with E-state index in [9.17, 15) is 31.6 Å². The van der Waals surface area contributed by atoms with Crippen molar-refractivity contribution in [3.8, 4) is 11.1 Å². The van der Waals surface area contributed by atoms with Crippen molar-refractivity contribution >= 4 is 60.4 Å². The van der Waals surface area contributed by atoms with Gasteiger partial charge >= 0.3 is 0 Å². The van der Waals surface area contributed by atoms with Crippen molar-refractivity contribution in [2.45, 2.75) is 24.9 Å². The molecule has 0 radical (unpaired) electrons.